The number of nitrogens with zero attached hydrogens (tertiary/aromatic N) is 1. The molecule has 1 fully saturated rings. The molecule has 1 N–H and O–H groups in total. The van der Waals surface area contributed by atoms with E-state index in [4.69, 9.17) is 0 Å². The first-order valence-electron chi connectivity index (χ1n) is 5.41. The minimum Gasteiger partial charge on any atom is -0.273 e. The van der Waals surface area contributed by atoms with E-state index in [1.165, 1.54) is 0 Å². The van der Waals surface area contributed by atoms with E-state index in [9.17, 15) is 4.79 Å². The monoisotopic (exact) mass is 214 g/mol. The molecule has 1 amide bonds. The molecule has 2 rings (SSSR count). The largest absolute Gasteiger partial charge is 0.273 e. The third kappa shape index (κ3) is 3.35. The second-order valence-electron chi connectivity index (χ2n) is 3.80. The highest BCUT2D eigenvalue weighted by molar-refractivity contribution is 5.83. The first kappa shape index (κ1) is 10.6. The highest BCUT2D eigenvalue weighted by Crippen LogP contribution is 2.28. The van der Waals surface area contributed by atoms with Crippen LogP contribution < -0.4 is 5.43 Å². The fourth-order valence-electron chi connectivity index (χ4n) is 1.30. The van der Waals surface area contributed by atoms with Gasteiger partial charge in [0.15, 0.2) is 0 Å². The van der Waals surface area contributed by atoms with Crippen LogP contribution in [0.4, 0.5) is 0 Å². The standard InChI is InChI=1S/C13H14N2O/c16-13(12-8-9-12)15-14-10-4-7-11-5-2-1-3-6-11/h1-7,10,12H,8-9H2,(H,15,16)/b7-4+,14-10-. The smallest absolute Gasteiger partial charge is 0.243 e. The quantitative estimate of drug-likeness (QED) is 0.606. The summed E-state index contributed by atoms with van der Waals surface area (Å²) in [6, 6.07) is 9.94. The SMILES string of the molecule is O=C(N/N=C\C=C\c1ccccc1)C1CC1. The van der Waals surface area contributed by atoms with Gasteiger partial charge in [0.05, 0.1) is 0 Å². The van der Waals surface area contributed by atoms with Crippen molar-refractivity contribution in [2.75, 3.05) is 0 Å². The van der Waals surface area contributed by atoms with Crippen LogP contribution in [0.2, 0.25) is 0 Å². The van der Waals surface area contributed by atoms with Gasteiger partial charge in [-0.05, 0) is 24.5 Å². The van der Waals surface area contributed by atoms with Gasteiger partial charge in [0, 0.05) is 12.1 Å². The van der Waals surface area contributed by atoms with Crippen LogP contribution in [0.3, 0.4) is 0 Å². The fraction of sp³-hybridized carbons (Fsp3) is 0.231. The molecule has 0 radical (unpaired) electrons. The molecule has 0 unspecified atom stereocenters. The van der Waals surface area contributed by atoms with Gasteiger partial charge in [-0.15, -0.1) is 0 Å². The molecule has 0 atom stereocenters. The van der Waals surface area contributed by atoms with Gasteiger partial charge in [0.2, 0.25) is 5.91 Å². The van der Waals surface area contributed by atoms with E-state index in [1.54, 1.807) is 6.21 Å². The number of carbonyl (C=O) groups excluding carboxylic acids is 1. The predicted molar refractivity (Wildman–Crippen MR) is 64.8 cm³/mol. The number of amides is 1. The van der Waals surface area contributed by atoms with E-state index in [-0.39, 0.29) is 11.8 Å². The first-order valence-corrected chi connectivity index (χ1v) is 5.41. The van der Waals surface area contributed by atoms with Crippen LogP contribution in [-0.4, -0.2) is 12.1 Å². The second-order valence-corrected chi connectivity index (χ2v) is 3.80. The number of carbonyl (C=O) groups is 1. The van der Waals surface area contributed by atoms with Gasteiger partial charge in [-0.25, -0.2) is 5.43 Å². The van der Waals surface area contributed by atoms with Gasteiger partial charge in [-0.1, -0.05) is 36.4 Å². The molecule has 0 spiro atoms. The highest BCUT2D eigenvalue weighted by Gasteiger charge is 2.29. The molecule has 1 aromatic rings. The number of hydrazone groups is 1. The topological polar surface area (TPSA) is 41.5 Å². The van der Waals surface area contributed by atoms with Crippen molar-refractivity contribution in [3.05, 3.63) is 42.0 Å². The maximum atomic E-state index is 11.2. The summed E-state index contributed by atoms with van der Waals surface area (Å²) in [5.74, 6) is 0.236. The summed E-state index contributed by atoms with van der Waals surface area (Å²) in [7, 11) is 0. The van der Waals surface area contributed by atoms with Crippen molar-refractivity contribution in [3.8, 4) is 0 Å². The molecular formula is C13H14N2O. The van der Waals surface area contributed by atoms with E-state index in [1.807, 2.05) is 42.5 Å². The van der Waals surface area contributed by atoms with E-state index in [0.717, 1.165) is 18.4 Å². The van der Waals surface area contributed by atoms with E-state index >= 15 is 0 Å². The Kier molecular flexibility index (Phi) is 3.49. The Balaban J connectivity index is 1.76. The van der Waals surface area contributed by atoms with Crippen LogP contribution in [0.1, 0.15) is 18.4 Å². The van der Waals surface area contributed by atoms with Gasteiger partial charge >= 0.3 is 0 Å². The number of rotatable bonds is 4. The van der Waals surface area contributed by atoms with Crippen LogP contribution in [-0.2, 0) is 4.79 Å². The summed E-state index contributed by atoms with van der Waals surface area (Å²) in [5, 5.41) is 3.84. The van der Waals surface area contributed by atoms with Crippen LogP contribution in [0.25, 0.3) is 6.08 Å². The minimum absolute atomic E-state index is 0.0318. The van der Waals surface area contributed by atoms with Gasteiger partial charge < -0.3 is 0 Å². The van der Waals surface area contributed by atoms with Crippen LogP contribution in [0, 0.1) is 5.92 Å². The number of hydrogen-bond acceptors (Lipinski definition) is 2. The van der Waals surface area contributed by atoms with Crippen molar-refractivity contribution in [1.29, 1.82) is 0 Å². The lowest BCUT2D eigenvalue weighted by molar-refractivity contribution is -0.122. The highest BCUT2D eigenvalue weighted by atomic mass is 16.2. The van der Waals surface area contributed by atoms with Crippen molar-refractivity contribution in [3.63, 3.8) is 0 Å². The van der Waals surface area contributed by atoms with E-state index in [2.05, 4.69) is 10.5 Å². The summed E-state index contributed by atoms with van der Waals surface area (Å²) < 4.78 is 0. The van der Waals surface area contributed by atoms with Crippen LogP contribution in [0.15, 0.2) is 41.5 Å². The van der Waals surface area contributed by atoms with Crippen molar-refractivity contribution >= 4 is 18.2 Å². The Hall–Kier alpha value is -1.90. The molecule has 82 valence electrons. The molecule has 0 saturated heterocycles. The Bertz CT molecular complexity index is 405. The van der Waals surface area contributed by atoms with Gasteiger partial charge in [0.25, 0.3) is 0 Å². The lowest BCUT2D eigenvalue weighted by Gasteiger charge is -1.93. The van der Waals surface area contributed by atoms with Gasteiger partial charge in [0.1, 0.15) is 0 Å². The zero-order valence-electron chi connectivity index (χ0n) is 8.97. The Labute approximate surface area is 94.9 Å². The minimum atomic E-state index is 0.0318. The van der Waals surface area contributed by atoms with Crippen molar-refractivity contribution in [2.45, 2.75) is 12.8 Å². The predicted octanol–water partition coefficient (Wildman–Crippen LogP) is 2.21. The second kappa shape index (κ2) is 5.26. The third-order valence-electron chi connectivity index (χ3n) is 2.37. The number of nitrogens with one attached hydrogen (secondary N) is 1. The summed E-state index contributed by atoms with van der Waals surface area (Å²) in [5.41, 5.74) is 3.62. The third-order valence-corrected chi connectivity index (χ3v) is 2.37. The van der Waals surface area contributed by atoms with E-state index in [0.29, 0.717) is 0 Å². The number of benzene rings is 1. The zero-order valence-corrected chi connectivity index (χ0v) is 8.97. The molecule has 3 heteroatoms. The number of hydrogen-bond donors (Lipinski definition) is 1. The Morgan fingerprint density at radius 1 is 1.31 bits per heavy atom. The molecule has 1 saturated carbocycles. The molecule has 1 aliphatic rings. The molecule has 0 aliphatic heterocycles. The average molecular weight is 214 g/mol. The molecule has 0 aromatic heterocycles. The van der Waals surface area contributed by atoms with Crippen molar-refractivity contribution in [2.24, 2.45) is 11.0 Å². The zero-order chi connectivity index (χ0) is 11.2. The summed E-state index contributed by atoms with van der Waals surface area (Å²) in [6.07, 6.45) is 7.34. The van der Waals surface area contributed by atoms with Gasteiger partial charge in [-0.3, -0.25) is 4.79 Å². The Morgan fingerprint density at radius 2 is 2.06 bits per heavy atom. The summed E-state index contributed by atoms with van der Waals surface area (Å²) in [6.45, 7) is 0. The first-order chi connectivity index (χ1) is 7.86. The van der Waals surface area contributed by atoms with Crippen molar-refractivity contribution < 1.29 is 4.79 Å². The number of allylic oxidation sites excluding steroid dienone is 1. The maximum absolute atomic E-state index is 11.2. The molecule has 1 aliphatic carbocycles. The molecule has 0 bridgehead atoms. The van der Waals surface area contributed by atoms with Crippen LogP contribution in [0.5, 0.6) is 0 Å². The Morgan fingerprint density at radius 3 is 2.75 bits per heavy atom. The normalized spacial score (nSPS) is 15.8. The lowest BCUT2D eigenvalue weighted by Crippen LogP contribution is -2.18. The van der Waals surface area contributed by atoms with Gasteiger partial charge in [-0.2, -0.15) is 5.10 Å². The molecule has 1 aromatic carbocycles. The fourth-order valence-corrected chi connectivity index (χ4v) is 1.30. The maximum Gasteiger partial charge on any atom is 0.243 e. The lowest BCUT2D eigenvalue weighted by atomic mass is 10.2. The van der Waals surface area contributed by atoms with E-state index < -0.39 is 0 Å². The van der Waals surface area contributed by atoms with Crippen LogP contribution >= 0.6 is 0 Å². The molecule has 3 nitrogen and oxygen atoms in total. The molecular weight excluding hydrogens is 200 g/mol. The van der Waals surface area contributed by atoms with Crippen molar-refractivity contribution in [1.82, 2.24) is 5.43 Å². The molecule has 16 heavy (non-hydrogen) atoms. The summed E-state index contributed by atoms with van der Waals surface area (Å²) in [4.78, 5) is 11.2. The average Bonchev–Trinajstić information content (AvgIpc) is 3.13. The molecule has 0 heterocycles. The summed E-state index contributed by atoms with van der Waals surface area (Å²) >= 11 is 0.